The van der Waals surface area contributed by atoms with Crippen LogP contribution in [0.4, 0.5) is 0 Å². The van der Waals surface area contributed by atoms with Crippen molar-refractivity contribution in [3.8, 4) is 5.75 Å². The third-order valence-electron chi connectivity index (χ3n) is 4.10. The van der Waals surface area contributed by atoms with Crippen molar-refractivity contribution in [3.05, 3.63) is 52.2 Å². The van der Waals surface area contributed by atoms with Gasteiger partial charge in [-0.3, -0.25) is 9.59 Å². The Balaban J connectivity index is 2.23. The average molecular weight is 340 g/mol. The van der Waals surface area contributed by atoms with Gasteiger partial charge >= 0.3 is 0 Å². The summed E-state index contributed by atoms with van der Waals surface area (Å²) >= 11 is 1.64. The third-order valence-corrected chi connectivity index (χ3v) is 5.33. The van der Waals surface area contributed by atoms with Gasteiger partial charge in [-0.25, -0.2) is 0 Å². The van der Waals surface area contributed by atoms with Gasteiger partial charge in [0.15, 0.2) is 11.2 Å². The molecule has 1 heterocycles. The van der Waals surface area contributed by atoms with Crippen molar-refractivity contribution >= 4 is 37.3 Å². The molecular weight excluding hydrogens is 320 g/mol. The van der Waals surface area contributed by atoms with Crippen molar-refractivity contribution < 1.29 is 9.53 Å². The Morgan fingerprint density at radius 1 is 1.17 bits per heavy atom. The van der Waals surface area contributed by atoms with Crippen LogP contribution in [-0.4, -0.2) is 12.4 Å². The third kappa shape index (κ3) is 3.06. The maximum Gasteiger partial charge on any atom is 0.196 e. The molecule has 0 saturated carbocycles. The van der Waals surface area contributed by atoms with Gasteiger partial charge in [-0.05, 0) is 35.7 Å². The van der Waals surface area contributed by atoms with Crippen LogP contribution in [0.1, 0.15) is 38.7 Å². The number of rotatable bonds is 5. The van der Waals surface area contributed by atoms with Gasteiger partial charge in [-0.2, -0.15) is 0 Å². The van der Waals surface area contributed by atoms with E-state index in [-0.39, 0.29) is 23.7 Å². The number of hydrogen-bond acceptors (Lipinski definition) is 4. The van der Waals surface area contributed by atoms with Gasteiger partial charge in [0.05, 0.1) is 0 Å². The molecule has 0 fully saturated rings. The Hall–Kier alpha value is -2.20. The summed E-state index contributed by atoms with van der Waals surface area (Å²) in [6, 6.07) is 11.4. The van der Waals surface area contributed by atoms with Crippen molar-refractivity contribution in [3.63, 3.8) is 0 Å². The molecule has 0 atom stereocenters. The molecule has 0 unspecified atom stereocenters. The lowest BCUT2D eigenvalue weighted by atomic mass is 10.0. The minimum absolute atomic E-state index is 0.0218. The van der Waals surface area contributed by atoms with E-state index in [1.54, 1.807) is 17.4 Å². The monoisotopic (exact) mass is 340 g/mol. The zero-order valence-corrected chi connectivity index (χ0v) is 14.9. The van der Waals surface area contributed by atoms with Gasteiger partial charge < -0.3 is 4.74 Å². The van der Waals surface area contributed by atoms with Crippen LogP contribution in [0.3, 0.4) is 0 Å². The zero-order chi connectivity index (χ0) is 17.3. The molecule has 124 valence electrons. The van der Waals surface area contributed by atoms with Gasteiger partial charge in [-0.1, -0.05) is 32.9 Å². The van der Waals surface area contributed by atoms with Gasteiger partial charge in [0.2, 0.25) is 0 Å². The maximum atomic E-state index is 12.9. The Morgan fingerprint density at radius 3 is 2.62 bits per heavy atom. The molecule has 0 radical (unpaired) electrons. The summed E-state index contributed by atoms with van der Waals surface area (Å²) in [6.07, 6.45) is 0.449. The number of carbonyl (C=O) groups is 1. The van der Waals surface area contributed by atoms with Crippen molar-refractivity contribution in [1.82, 2.24) is 0 Å². The number of ether oxygens (including phenoxy) is 1. The number of carbonyl (C=O) groups excluding carboxylic acids is 1. The fourth-order valence-corrected chi connectivity index (χ4v) is 3.99. The molecule has 3 aromatic rings. The molecule has 0 aliphatic carbocycles. The van der Waals surface area contributed by atoms with Gasteiger partial charge in [0, 0.05) is 26.6 Å². The van der Waals surface area contributed by atoms with Crippen LogP contribution in [-0.2, 0) is 4.79 Å². The summed E-state index contributed by atoms with van der Waals surface area (Å²) in [7, 11) is 0. The molecular formula is C20H20O3S. The lowest BCUT2D eigenvalue weighted by Crippen LogP contribution is -2.10. The molecule has 0 amide bonds. The van der Waals surface area contributed by atoms with Crippen LogP contribution in [0, 0.1) is 0 Å². The largest absolute Gasteiger partial charge is 0.486 e. The summed E-state index contributed by atoms with van der Waals surface area (Å²) in [4.78, 5) is 24.4. The topological polar surface area (TPSA) is 43.4 Å². The molecule has 0 bridgehead atoms. The molecule has 3 nitrogen and oxygen atoms in total. The molecule has 1 aromatic heterocycles. The molecule has 0 saturated heterocycles. The highest BCUT2D eigenvalue weighted by atomic mass is 32.1. The minimum Gasteiger partial charge on any atom is -0.486 e. The van der Waals surface area contributed by atoms with Crippen LogP contribution in [0.25, 0.3) is 20.2 Å². The van der Waals surface area contributed by atoms with Crippen molar-refractivity contribution in [2.75, 3.05) is 6.61 Å². The molecule has 2 aromatic carbocycles. The summed E-state index contributed by atoms with van der Waals surface area (Å²) in [6.45, 7) is 6.06. The van der Waals surface area contributed by atoms with E-state index in [1.165, 1.54) is 0 Å². The molecule has 3 rings (SSSR count). The van der Waals surface area contributed by atoms with E-state index >= 15 is 0 Å². The highest BCUT2D eigenvalue weighted by molar-refractivity contribution is 7.24. The minimum atomic E-state index is 0.0218. The molecule has 0 spiro atoms. The normalized spacial score (nSPS) is 11.3. The van der Waals surface area contributed by atoms with Crippen LogP contribution in [0.2, 0.25) is 0 Å². The summed E-state index contributed by atoms with van der Waals surface area (Å²) < 4.78 is 7.64. The smallest absolute Gasteiger partial charge is 0.196 e. The molecule has 24 heavy (non-hydrogen) atoms. The summed E-state index contributed by atoms with van der Waals surface area (Å²) in [5.41, 5.74) is 1.10. The van der Waals surface area contributed by atoms with Gasteiger partial charge in [0.25, 0.3) is 0 Å². The summed E-state index contributed by atoms with van der Waals surface area (Å²) in [5, 5.41) is 1.40. The maximum absolute atomic E-state index is 12.9. The molecule has 4 heteroatoms. The molecule has 0 N–H and O–H groups in total. The van der Waals surface area contributed by atoms with E-state index in [2.05, 4.69) is 13.8 Å². The lowest BCUT2D eigenvalue weighted by molar-refractivity contribution is -0.120. The van der Waals surface area contributed by atoms with Crippen molar-refractivity contribution in [2.24, 2.45) is 0 Å². The van der Waals surface area contributed by atoms with Crippen LogP contribution >= 0.6 is 11.3 Å². The first-order chi connectivity index (χ1) is 11.5. The summed E-state index contributed by atoms with van der Waals surface area (Å²) in [5.74, 6) is 0.896. The van der Waals surface area contributed by atoms with E-state index in [0.717, 1.165) is 20.3 Å². The Bertz CT molecular complexity index is 970. The van der Waals surface area contributed by atoms with Crippen molar-refractivity contribution in [2.45, 2.75) is 33.1 Å². The molecule has 0 aliphatic heterocycles. The second kappa shape index (κ2) is 6.73. The fraction of sp³-hybridized carbons (Fsp3) is 0.300. The Kier molecular flexibility index (Phi) is 4.67. The number of benzene rings is 2. The fourth-order valence-electron chi connectivity index (χ4n) is 2.68. The van der Waals surface area contributed by atoms with Gasteiger partial charge in [-0.15, -0.1) is 11.3 Å². The average Bonchev–Trinajstić information content (AvgIpc) is 2.59. The van der Waals surface area contributed by atoms with Crippen LogP contribution in [0.5, 0.6) is 5.75 Å². The lowest BCUT2D eigenvalue weighted by Gasteiger charge is -2.13. The highest BCUT2D eigenvalue weighted by Crippen LogP contribution is 2.34. The second-order valence-electron chi connectivity index (χ2n) is 6.15. The first kappa shape index (κ1) is 16.7. The van der Waals surface area contributed by atoms with E-state index < -0.39 is 0 Å². The van der Waals surface area contributed by atoms with E-state index in [4.69, 9.17) is 4.74 Å². The Morgan fingerprint density at radius 2 is 1.92 bits per heavy atom. The SMILES string of the molecule is CCC(=O)COc1cc(C(C)C)c2sc3ccccc3c(=O)c2c1. The van der Waals surface area contributed by atoms with E-state index in [0.29, 0.717) is 17.6 Å². The standard InChI is InChI=1S/C20H20O3S/c1-4-13(21)11-23-14-9-16(12(2)3)20-17(10-14)19(22)15-7-5-6-8-18(15)24-20/h5-10,12H,4,11H2,1-3H3. The predicted octanol–water partition coefficient (Wildman–Crippen LogP) is 4.90. The second-order valence-corrected chi connectivity index (χ2v) is 7.20. The van der Waals surface area contributed by atoms with Crippen LogP contribution < -0.4 is 10.2 Å². The number of fused-ring (bicyclic) bond motifs is 2. The molecule has 0 aliphatic rings. The highest BCUT2D eigenvalue weighted by Gasteiger charge is 2.14. The van der Waals surface area contributed by atoms with Gasteiger partial charge in [0.1, 0.15) is 12.4 Å². The Labute approximate surface area is 144 Å². The predicted molar refractivity (Wildman–Crippen MR) is 100 cm³/mol. The van der Waals surface area contributed by atoms with E-state index in [9.17, 15) is 9.59 Å². The van der Waals surface area contributed by atoms with E-state index in [1.807, 2.05) is 37.3 Å². The number of hydrogen-bond donors (Lipinski definition) is 0. The first-order valence-corrected chi connectivity index (χ1v) is 8.97. The number of ketones is 1. The zero-order valence-electron chi connectivity index (χ0n) is 14.1. The van der Waals surface area contributed by atoms with Crippen molar-refractivity contribution in [1.29, 1.82) is 0 Å². The first-order valence-electron chi connectivity index (χ1n) is 8.15. The quantitative estimate of drug-likeness (QED) is 0.621. The number of Topliss-reactive ketones (excluding diaryl/α,β-unsaturated/α-hetero) is 1. The van der Waals surface area contributed by atoms with Crippen LogP contribution in [0.15, 0.2) is 41.2 Å².